The molecule has 0 saturated carbocycles. The van der Waals surface area contributed by atoms with Crippen molar-refractivity contribution in [2.24, 2.45) is 0 Å². The minimum Gasteiger partial charge on any atom is -0.496 e. The molecule has 7 nitrogen and oxygen atoms in total. The lowest BCUT2D eigenvalue weighted by molar-refractivity contribution is -0.143. The summed E-state index contributed by atoms with van der Waals surface area (Å²) in [5.74, 6) is 0.574. The molecule has 0 unspecified atom stereocenters. The highest BCUT2D eigenvalue weighted by Gasteiger charge is 2.11. The van der Waals surface area contributed by atoms with Gasteiger partial charge < -0.3 is 24.3 Å². The average Bonchev–Trinajstić information content (AvgIpc) is 2.61. The number of esters is 1. The zero-order valence-electron chi connectivity index (χ0n) is 14.4. The lowest BCUT2D eigenvalue weighted by atomic mass is 10.1. The standard InChI is InChI=1S/C17H23NO6/c1-5-8-18-16(19)11-24-17(20)7-6-12-9-14(22-3)15(23-4)10-13(12)21-2/h6-7,9-10H,5,8,11H2,1-4H3,(H,18,19)/b7-6+. The molecule has 0 aliphatic carbocycles. The lowest BCUT2D eigenvalue weighted by Gasteiger charge is -2.12. The summed E-state index contributed by atoms with van der Waals surface area (Å²) in [6, 6.07) is 3.33. The SMILES string of the molecule is CCCNC(=O)COC(=O)/C=C/c1cc(OC)c(OC)cc1OC. The highest BCUT2D eigenvalue weighted by Crippen LogP contribution is 2.35. The molecule has 0 aliphatic heterocycles. The molecule has 0 fully saturated rings. The quantitative estimate of drug-likeness (QED) is 0.546. The van der Waals surface area contributed by atoms with Gasteiger partial charge in [0.15, 0.2) is 18.1 Å². The molecule has 0 bridgehead atoms. The third kappa shape index (κ3) is 5.83. The van der Waals surface area contributed by atoms with Crippen LogP contribution >= 0.6 is 0 Å². The van der Waals surface area contributed by atoms with Gasteiger partial charge in [-0.05, 0) is 18.6 Å². The van der Waals surface area contributed by atoms with Crippen molar-refractivity contribution < 1.29 is 28.5 Å². The van der Waals surface area contributed by atoms with E-state index in [9.17, 15) is 9.59 Å². The first-order valence-corrected chi connectivity index (χ1v) is 7.47. The van der Waals surface area contributed by atoms with Crippen molar-refractivity contribution in [3.8, 4) is 17.2 Å². The van der Waals surface area contributed by atoms with Gasteiger partial charge in [0.2, 0.25) is 0 Å². The number of methoxy groups -OCH3 is 3. The number of carbonyl (C=O) groups excluding carboxylic acids is 2. The van der Waals surface area contributed by atoms with E-state index in [2.05, 4.69) is 5.32 Å². The first kappa shape index (κ1) is 19.3. The maximum Gasteiger partial charge on any atom is 0.331 e. The number of ether oxygens (including phenoxy) is 4. The number of benzene rings is 1. The topological polar surface area (TPSA) is 83.1 Å². The van der Waals surface area contributed by atoms with Crippen molar-refractivity contribution in [2.75, 3.05) is 34.5 Å². The highest BCUT2D eigenvalue weighted by molar-refractivity contribution is 5.89. The van der Waals surface area contributed by atoms with Gasteiger partial charge in [0.05, 0.1) is 21.3 Å². The van der Waals surface area contributed by atoms with Gasteiger partial charge in [0, 0.05) is 24.3 Å². The number of hydrogen-bond acceptors (Lipinski definition) is 6. The molecule has 24 heavy (non-hydrogen) atoms. The van der Waals surface area contributed by atoms with E-state index in [0.29, 0.717) is 29.4 Å². The summed E-state index contributed by atoms with van der Waals surface area (Å²) in [5.41, 5.74) is 0.613. The average molecular weight is 337 g/mol. The fourth-order valence-electron chi connectivity index (χ4n) is 1.84. The van der Waals surface area contributed by atoms with Gasteiger partial charge in [0.1, 0.15) is 5.75 Å². The predicted molar refractivity (Wildman–Crippen MR) is 89.4 cm³/mol. The molecule has 0 radical (unpaired) electrons. The highest BCUT2D eigenvalue weighted by atomic mass is 16.5. The Morgan fingerprint density at radius 3 is 2.25 bits per heavy atom. The molecule has 7 heteroatoms. The van der Waals surface area contributed by atoms with Crippen LogP contribution in [0.2, 0.25) is 0 Å². The van der Waals surface area contributed by atoms with Gasteiger partial charge in [-0.15, -0.1) is 0 Å². The molecule has 132 valence electrons. The Balaban J connectivity index is 2.75. The summed E-state index contributed by atoms with van der Waals surface area (Å²) < 4.78 is 20.5. The normalized spacial score (nSPS) is 10.3. The zero-order chi connectivity index (χ0) is 17.9. The van der Waals surface area contributed by atoms with E-state index in [1.807, 2.05) is 6.92 Å². The van der Waals surface area contributed by atoms with Crippen LogP contribution in [-0.4, -0.2) is 46.4 Å². The zero-order valence-corrected chi connectivity index (χ0v) is 14.4. The minimum atomic E-state index is -0.626. The molecular formula is C17H23NO6. The predicted octanol–water partition coefficient (Wildman–Crippen LogP) is 1.79. The first-order valence-electron chi connectivity index (χ1n) is 7.47. The first-order chi connectivity index (χ1) is 11.5. The van der Waals surface area contributed by atoms with Gasteiger partial charge in [-0.1, -0.05) is 6.92 Å². The van der Waals surface area contributed by atoms with Crippen LogP contribution in [0.15, 0.2) is 18.2 Å². The van der Waals surface area contributed by atoms with E-state index < -0.39 is 5.97 Å². The molecule has 1 N–H and O–H groups in total. The largest absolute Gasteiger partial charge is 0.496 e. The van der Waals surface area contributed by atoms with E-state index in [-0.39, 0.29) is 12.5 Å². The molecule has 1 aromatic rings. The number of amides is 1. The number of nitrogens with one attached hydrogen (secondary N) is 1. The molecule has 0 aliphatic rings. The fourth-order valence-corrected chi connectivity index (χ4v) is 1.84. The molecule has 1 rings (SSSR count). The van der Waals surface area contributed by atoms with E-state index in [1.54, 1.807) is 12.1 Å². The Bertz CT molecular complexity index is 597. The minimum absolute atomic E-state index is 0.313. The molecule has 0 spiro atoms. The third-order valence-electron chi connectivity index (χ3n) is 3.05. The Labute approximate surface area is 141 Å². The third-order valence-corrected chi connectivity index (χ3v) is 3.05. The Hall–Kier alpha value is -2.70. The van der Waals surface area contributed by atoms with Crippen LogP contribution in [-0.2, 0) is 14.3 Å². The molecule has 0 saturated heterocycles. The van der Waals surface area contributed by atoms with Crippen LogP contribution in [0.4, 0.5) is 0 Å². The summed E-state index contributed by atoms with van der Waals surface area (Å²) in [6.45, 7) is 2.17. The van der Waals surface area contributed by atoms with Crippen molar-refractivity contribution in [3.05, 3.63) is 23.8 Å². The van der Waals surface area contributed by atoms with E-state index in [4.69, 9.17) is 18.9 Å². The van der Waals surface area contributed by atoms with Crippen LogP contribution in [0.1, 0.15) is 18.9 Å². The summed E-state index contributed by atoms with van der Waals surface area (Å²) >= 11 is 0. The van der Waals surface area contributed by atoms with Crippen LogP contribution in [0.25, 0.3) is 6.08 Å². The van der Waals surface area contributed by atoms with Crippen LogP contribution in [0, 0.1) is 0 Å². The summed E-state index contributed by atoms with van der Waals surface area (Å²) in [6.07, 6.45) is 3.56. The molecule has 0 atom stereocenters. The van der Waals surface area contributed by atoms with Crippen molar-refractivity contribution >= 4 is 18.0 Å². The van der Waals surface area contributed by atoms with Crippen molar-refractivity contribution in [2.45, 2.75) is 13.3 Å². The summed E-state index contributed by atoms with van der Waals surface area (Å²) in [4.78, 5) is 23.1. The Morgan fingerprint density at radius 1 is 1.04 bits per heavy atom. The summed E-state index contributed by atoms with van der Waals surface area (Å²) in [7, 11) is 4.55. The van der Waals surface area contributed by atoms with E-state index >= 15 is 0 Å². The van der Waals surface area contributed by atoms with Gasteiger partial charge in [-0.2, -0.15) is 0 Å². The lowest BCUT2D eigenvalue weighted by Crippen LogP contribution is -2.28. The van der Waals surface area contributed by atoms with Crippen molar-refractivity contribution in [3.63, 3.8) is 0 Å². The number of rotatable bonds is 9. The smallest absolute Gasteiger partial charge is 0.331 e. The van der Waals surface area contributed by atoms with Crippen molar-refractivity contribution in [1.29, 1.82) is 0 Å². The molecule has 1 amide bonds. The van der Waals surface area contributed by atoms with Crippen LogP contribution < -0.4 is 19.5 Å². The number of carbonyl (C=O) groups is 2. The Kier molecular flexibility index (Phi) is 8.18. The van der Waals surface area contributed by atoms with Crippen molar-refractivity contribution in [1.82, 2.24) is 5.32 Å². The maximum atomic E-state index is 11.7. The van der Waals surface area contributed by atoms with Crippen LogP contribution in [0.5, 0.6) is 17.2 Å². The second-order valence-electron chi connectivity index (χ2n) is 4.74. The Morgan fingerprint density at radius 2 is 1.67 bits per heavy atom. The van der Waals surface area contributed by atoms with Gasteiger partial charge in [-0.3, -0.25) is 4.79 Å². The van der Waals surface area contributed by atoms with Gasteiger partial charge >= 0.3 is 5.97 Å². The molecule has 0 aromatic heterocycles. The second kappa shape index (κ2) is 10.1. The van der Waals surface area contributed by atoms with Gasteiger partial charge in [0.25, 0.3) is 5.91 Å². The van der Waals surface area contributed by atoms with Crippen LogP contribution in [0.3, 0.4) is 0 Å². The summed E-state index contributed by atoms with van der Waals surface area (Å²) in [5, 5.41) is 2.62. The number of hydrogen-bond donors (Lipinski definition) is 1. The fraction of sp³-hybridized carbons (Fsp3) is 0.412. The van der Waals surface area contributed by atoms with Gasteiger partial charge in [-0.25, -0.2) is 4.79 Å². The van der Waals surface area contributed by atoms with E-state index in [0.717, 1.165) is 6.42 Å². The molecular weight excluding hydrogens is 314 g/mol. The van der Waals surface area contributed by atoms with E-state index in [1.165, 1.54) is 33.5 Å². The second-order valence-corrected chi connectivity index (χ2v) is 4.74. The molecule has 0 heterocycles. The molecule has 1 aromatic carbocycles. The monoisotopic (exact) mass is 337 g/mol. The maximum absolute atomic E-state index is 11.7.